The first-order valence-electron chi connectivity index (χ1n) is 7.11. The molecule has 1 atom stereocenters. The van der Waals surface area contributed by atoms with Gasteiger partial charge in [-0.1, -0.05) is 15.9 Å². The van der Waals surface area contributed by atoms with Gasteiger partial charge in [-0.2, -0.15) is 0 Å². The molecule has 0 spiro atoms. The van der Waals surface area contributed by atoms with E-state index in [4.69, 9.17) is 15.2 Å². The number of hydrogen-bond donors (Lipinski definition) is 2. The van der Waals surface area contributed by atoms with Gasteiger partial charge < -0.3 is 20.5 Å². The minimum Gasteiger partial charge on any atom is -0.483 e. The van der Waals surface area contributed by atoms with Crippen LogP contribution in [0.4, 0.5) is 0 Å². The molecule has 116 valence electrons. The van der Waals surface area contributed by atoms with Gasteiger partial charge in [0.25, 0.3) is 5.91 Å². The molecule has 0 aromatic heterocycles. The summed E-state index contributed by atoms with van der Waals surface area (Å²) in [6.45, 7) is 3.29. The molecule has 2 rings (SSSR count). The minimum absolute atomic E-state index is 0.00128. The molecule has 21 heavy (non-hydrogen) atoms. The first-order chi connectivity index (χ1) is 10.1. The zero-order valence-corrected chi connectivity index (χ0v) is 13.7. The quantitative estimate of drug-likeness (QED) is 0.847. The van der Waals surface area contributed by atoms with E-state index >= 15 is 0 Å². The molecule has 1 aliphatic rings. The van der Waals surface area contributed by atoms with Crippen molar-refractivity contribution in [3.05, 3.63) is 28.2 Å². The normalized spacial score (nSPS) is 17.3. The van der Waals surface area contributed by atoms with Crippen LogP contribution in [0.3, 0.4) is 0 Å². The fourth-order valence-electron chi connectivity index (χ4n) is 2.26. The van der Waals surface area contributed by atoms with Gasteiger partial charge in [-0.05, 0) is 38.0 Å². The summed E-state index contributed by atoms with van der Waals surface area (Å²) in [5.74, 6) is 0.538. The summed E-state index contributed by atoms with van der Waals surface area (Å²) in [5.41, 5.74) is 6.80. The van der Waals surface area contributed by atoms with Crippen molar-refractivity contribution in [2.75, 3.05) is 19.8 Å². The number of rotatable bonds is 5. The van der Waals surface area contributed by atoms with Crippen molar-refractivity contribution in [2.45, 2.75) is 31.8 Å². The standard InChI is InChI=1S/C15H21BrN2O3/c1-10(17)13-8-11(16)2-3-14(13)21-9-15(19)18-12-4-6-20-7-5-12/h2-3,8,10,12H,4-7,9,17H2,1H3,(H,18,19)/t10-/m1/s1. The van der Waals surface area contributed by atoms with Crippen LogP contribution in [0, 0.1) is 0 Å². The van der Waals surface area contributed by atoms with E-state index in [1.165, 1.54) is 0 Å². The molecule has 3 N–H and O–H groups in total. The molecule has 1 saturated heterocycles. The van der Waals surface area contributed by atoms with Gasteiger partial charge in [0, 0.05) is 35.3 Å². The highest BCUT2D eigenvalue weighted by molar-refractivity contribution is 9.10. The molecule has 6 heteroatoms. The third kappa shape index (κ3) is 4.98. The van der Waals surface area contributed by atoms with Crippen molar-refractivity contribution < 1.29 is 14.3 Å². The van der Waals surface area contributed by atoms with Gasteiger partial charge in [0.05, 0.1) is 0 Å². The van der Waals surface area contributed by atoms with E-state index in [-0.39, 0.29) is 24.6 Å². The Morgan fingerprint density at radius 1 is 1.52 bits per heavy atom. The highest BCUT2D eigenvalue weighted by Crippen LogP contribution is 2.27. The number of ether oxygens (including phenoxy) is 2. The Hall–Kier alpha value is -1.11. The molecule has 1 heterocycles. The van der Waals surface area contributed by atoms with E-state index in [9.17, 15) is 4.79 Å². The number of nitrogens with one attached hydrogen (secondary N) is 1. The Balaban J connectivity index is 1.88. The summed E-state index contributed by atoms with van der Waals surface area (Å²) in [4.78, 5) is 11.9. The van der Waals surface area contributed by atoms with Crippen LogP contribution >= 0.6 is 15.9 Å². The van der Waals surface area contributed by atoms with E-state index in [0.717, 1.165) is 22.9 Å². The third-order valence-electron chi connectivity index (χ3n) is 3.41. The average molecular weight is 357 g/mol. The van der Waals surface area contributed by atoms with Crippen LogP contribution in [0.5, 0.6) is 5.75 Å². The molecule has 0 aliphatic carbocycles. The second-order valence-corrected chi connectivity index (χ2v) is 6.13. The van der Waals surface area contributed by atoms with Crippen molar-refractivity contribution >= 4 is 21.8 Å². The topological polar surface area (TPSA) is 73.6 Å². The van der Waals surface area contributed by atoms with Gasteiger partial charge >= 0.3 is 0 Å². The minimum atomic E-state index is -0.156. The Kier molecular flexibility index (Phi) is 6.02. The lowest BCUT2D eigenvalue weighted by Crippen LogP contribution is -2.41. The maximum Gasteiger partial charge on any atom is 0.258 e. The third-order valence-corrected chi connectivity index (χ3v) is 3.90. The van der Waals surface area contributed by atoms with Crippen molar-refractivity contribution in [1.29, 1.82) is 0 Å². The summed E-state index contributed by atoms with van der Waals surface area (Å²) in [5, 5.41) is 2.96. The van der Waals surface area contributed by atoms with Gasteiger partial charge in [-0.3, -0.25) is 4.79 Å². The van der Waals surface area contributed by atoms with Gasteiger partial charge in [-0.15, -0.1) is 0 Å². The molecule has 0 saturated carbocycles. The molecular weight excluding hydrogens is 336 g/mol. The number of carbonyl (C=O) groups excluding carboxylic acids is 1. The van der Waals surface area contributed by atoms with Crippen molar-refractivity contribution in [1.82, 2.24) is 5.32 Å². The van der Waals surface area contributed by atoms with Gasteiger partial charge in [-0.25, -0.2) is 0 Å². The number of amides is 1. The van der Waals surface area contributed by atoms with E-state index in [1.54, 1.807) is 0 Å². The lowest BCUT2D eigenvalue weighted by molar-refractivity contribution is -0.124. The molecule has 0 bridgehead atoms. The fraction of sp³-hybridized carbons (Fsp3) is 0.533. The van der Waals surface area contributed by atoms with Crippen LogP contribution in [-0.4, -0.2) is 31.8 Å². The zero-order valence-electron chi connectivity index (χ0n) is 12.1. The van der Waals surface area contributed by atoms with E-state index in [1.807, 2.05) is 25.1 Å². The first-order valence-corrected chi connectivity index (χ1v) is 7.90. The van der Waals surface area contributed by atoms with E-state index < -0.39 is 0 Å². The maximum absolute atomic E-state index is 11.9. The molecular formula is C15H21BrN2O3. The predicted molar refractivity (Wildman–Crippen MR) is 84.2 cm³/mol. The van der Waals surface area contributed by atoms with Crippen molar-refractivity contribution in [3.63, 3.8) is 0 Å². The monoisotopic (exact) mass is 356 g/mol. The summed E-state index contributed by atoms with van der Waals surface area (Å²) in [7, 11) is 0. The fourth-order valence-corrected chi connectivity index (χ4v) is 2.64. The Labute approximate surface area is 133 Å². The Morgan fingerprint density at radius 2 is 2.24 bits per heavy atom. The van der Waals surface area contributed by atoms with Crippen LogP contribution in [0.1, 0.15) is 31.4 Å². The summed E-state index contributed by atoms with van der Waals surface area (Å²) >= 11 is 3.41. The lowest BCUT2D eigenvalue weighted by Gasteiger charge is -2.23. The number of nitrogens with two attached hydrogens (primary N) is 1. The van der Waals surface area contributed by atoms with Crippen LogP contribution in [-0.2, 0) is 9.53 Å². The van der Waals surface area contributed by atoms with Crippen LogP contribution < -0.4 is 15.8 Å². The number of carbonyl (C=O) groups is 1. The highest BCUT2D eigenvalue weighted by atomic mass is 79.9. The highest BCUT2D eigenvalue weighted by Gasteiger charge is 2.17. The molecule has 1 fully saturated rings. The number of hydrogen-bond acceptors (Lipinski definition) is 4. The summed E-state index contributed by atoms with van der Waals surface area (Å²) in [6.07, 6.45) is 1.71. The molecule has 1 aliphatic heterocycles. The van der Waals surface area contributed by atoms with Crippen LogP contribution in [0.15, 0.2) is 22.7 Å². The maximum atomic E-state index is 11.9. The molecule has 5 nitrogen and oxygen atoms in total. The number of halogens is 1. The van der Waals surface area contributed by atoms with Crippen LogP contribution in [0.25, 0.3) is 0 Å². The Morgan fingerprint density at radius 3 is 2.90 bits per heavy atom. The zero-order chi connectivity index (χ0) is 15.2. The predicted octanol–water partition coefficient (Wildman–Crippen LogP) is 2.14. The smallest absolute Gasteiger partial charge is 0.258 e. The molecule has 0 unspecified atom stereocenters. The van der Waals surface area contributed by atoms with Gasteiger partial charge in [0.2, 0.25) is 0 Å². The van der Waals surface area contributed by atoms with Gasteiger partial charge in [0.1, 0.15) is 5.75 Å². The number of benzene rings is 1. The van der Waals surface area contributed by atoms with Crippen molar-refractivity contribution in [3.8, 4) is 5.75 Å². The largest absolute Gasteiger partial charge is 0.483 e. The second kappa shape index (κ2) is 7.77. The average Bonchev–Trinajstić information content (AvgIpc) is 2.47. The van der Waals surface area contributed by atoms with Gasteiger partial charge in [0.15, 0.2) is 6.61 Å². The Bertz CT molecular complexity index is 488. The molecule has 1 aromatic carbocycles. The lowest BCUT2D eigenvalue weighted by atomic mass is 10.1. The van der Waals surface area contributed by atoms with Crippen molar-refractivity contribution in [2.24, 2.45) is 5.73 Å². The summed E-state index contributed by atoms with van der Waals surface area (Å²) in [6, 6.07) is 5.64. The molecule has 1 aromatic rings. The SMILES string of the molecule is C[C@@H](N)c1cc(Br)ccc1OCC(=O)NC1CCOCC1. The first kappa shape index (κ1) is 16.3. The van der Waals surface area contributed by atoms with Crippen LogP contribution in [0.2, 0.25) is 0 Å². The second-order valence-electron chi connectivity index (χ2n) is 5.21. The van der Waals surface area contributed by atoms with E-state index in [2.05, 4.69) is 21.2 Å². The molecule has 0 radical (unpaired) electrons. The molecule has 1 amide bonds. The van der Waals surface area contributed by atoms with E-state index in [0.29, 0.717) is 19.0 Å². The summed E-state index contributed by atoms with van der Waals surface area (Å²) < 4.78 is 11.8.